The third kappa shape index (κ3) is 8.72. The molecule has 218 valence electrons. The number of anilines is 2. The Hall–Kier alpha value is -5.55. The molecule has 5 N–H and O–H groups in total. The van der Waals surface area contributed by atoms with Gasteiger partial charge >= 0.3 is 5.97 Å². The van der Waals surface area contributed by atoms with Gasteiger partial charge < -0.3 is 30.9 Å². The molecule has 43 heavy (non-hydrogen) atoms. The van der Waals surface area contributed by atoms with E-state index in [1.54, 1.807) is 84.9 Å². The van der Waals surface area contributed by atoms with E-state index in [1.165, 1.54) is 37.1 Å². The van der Waals surface area contributed by atoms with Crippen molar-refractivity contribution >= 4 is 52.9 Å². The number of aromatic hydroxyl groups is 1. The van der Waals surface area contributed by atoms with Crippen LogP contribution >= 0.6 is 11.8 Å². The maximum atomic E-state index is 13.3. The topological polar surface area (TPSA) is 154 Å². The SMILES string of the molecule is COc1cccc(/C=C(\NC(=O)c2ccccc2)C(=O)Nc2ccc(SCC(=O)Nc3ccc(O)c(C(=O)O)c3)cc2)c1. The molecule has 10 nitrogen and oxygen atoms in total. The summed E-state index contributed by atoms with van der Waals surface area (Å²) in [6.07, 6.45) is 1.55. The second-order valence-electron chi connectivity index (χ2n) is 9.01. The number of carbonyl (C=O) groups excluding carboxylic acids is 3. The molecule has 0 atom stereocenters. The smallest absolute Gasteiger partial charge is 0.339 e. The van der Waals surface area contributed by atoms with E-state index in [0.717, 1.165) is 4.90 Å². The third-order valence-corrected chi connectivity index (χ3v) is 6.94. The van der Waals surface area contributed by atoms with Gasteiger partial charge in [-0.25, -0.2) is 4.79 Å². The van der Waals surface area contributed by atoms with Crippen molar-refractivity contribution in [2.75, 3.05) is 23.5 Å². The molecule has 4 aromatic rings. The normalized spacial score (nSPS) is 10.9. The number of carboxylic acids is 1. The fourth-order valence-electron chi connectivity index (χ4n) is 3.80. The Kier molecular flexibility index (Phi) is 10.2. The Morgan fingerprint density at radius 1 is 0.837 bits per heavy atom. The summed E-state index contributed by atoms with van der Waals surface area (Å²) in [5.74, 6) is -2.43. The molecule has 4 rings (SSSR count). The number of phenols is 1. The van der Waals surface area contributed by atoms with Crippen molar-refractivity contribution in [3.8, 4) is 11.5 Å². The third-order valence-electron chi connectivity index (χ3n) is 5.93. The molecule has 0 bridgehead atoms. The van der Waals surface area contributed by atoms with Gasteiger partial charge in [-0.2, -0.15) is 0 Å². The highest BCUT2D eigenvalue weighted by Crippen LogP contribution is 2.24. The summed E-state index contributed by atoms with van der Waals surface area (Å²) >= 11 is 1.24. The average molecular weight is 598 g/mol. The second-order valence-corrected chi connectivity index (χ2v) is 10.1. The number of hydrogen-bond donors (Lipinski definition) is 5. The maximum Gasteiger partial charge on any atom is 0.339 e. The Bertz CT molecular complexity index is 1670. The summed E-state index contributed by atoms with van der Waals surface area (Å²) in [5.41, 5.74) is 1.46. The molecular weight excluding hydrogens is 570 g/mol. The summed E-state index contributed by atoms with van der Waals surface area (Å²) in [6, 6.07) is 26.2. The van der Waals surface area contributed by atoms with E-state index in [2.05, 4.69) is 16.0 Å². The Morgan fingerprint density at radius 2 is 1.56 bits per heavy atom. The highest BCUT2D eigenvalue weighted by Gasteiger charge is 2.16. The van der Waals surface area contributed by atoms with Gasteiger partial charge in [0.1, 0.15) is 22.8 Å². The molecule has 4 aromatic carbocycles. The van der Waals surface area contributed by atoms with Crippen molar-refractivity contribution in [3.05, 3.63) is 119 Å². The van der Waals surface area contributed by atoms with Crippen molar-refractivity contribution < 1.29 is 34.1 Å². The van der Waals surface area contributed by atoms with Gasteiger partial charge in [-0.3, -0.25) is 14.4 Å². The molecular formula is C32H27N3O7S. The van der Waals surface area contributed by atoms with Crippen LogP contribution in [0.5, 0.6) is 11.5 Å². The van der Waals surface area contributed by atoms with Crippen LogP contribution < -0.4 is 20.7 Å². The summed E-state index contributed by atoms with van der Waals surface area (Å²) in [7, 11) is 1.54. The van der Waals surface area contributed by atoms with Crippen LogP contribution in [-0.4, -0.2) is 46.8 Å². The lowest BCUT2D eigenvalue weighted by molar-refractivity contribution is -0.114. The molecule has 0 aromatic heterocycles. The number of aromatic carboxylic acids is 1. The van der Waals surface area contributed by atoms with Gasteiger partial charge in [0, 0.05) is 21.8 Å². The van der Waals surface area contributed by atoms with Gasteiger partial charge in [0.2, 0.25) is 5.91 Å². The largest absolute Gasteiger partial charge is 0.507 e. The minimum Gasteiger partial charge on any atom is -0.507 e. The minimum atomic E-state index is -1.31. The predicted octanol–water partition coefficient (Wildman–Crippen LogP) is 5.24. The minimum absolute atomic E-state index is 0.0255. The molecule has 0 aliphatic heterocycles. The number of methoxy groups -OCH3 is 1. The highest BCUT2D eigenvalue weighted by molar-refractivity contribution is 8.00. The van der Waals surface area contributed by atoms with Crippen molar-refractivity contribution in [3.63, 3.8) is 0 Å². The number of carboxylic acid groups (broad SMARTS) is 1. The van der Waals surface area contributed by atoms with E-state index in [0.29, 0.717) is 22.6 Å². The van der Waals surface area contributed by atoms with Crippen molar-refractivity contribution in [2.45, 2.75) is 4.90 Å². The Morgan fingerprint density at radius 3 is 2.26 bits per heavy atom. The first-order valence-corrected chi connectivity index (χ1v) is 13.8. The first-order chi connectivity index (χ1) is 20.7. The van der Waals surface area contributed by atoms with Gasteiger partial charge in [0.05, 0.1) is 12.9 Å². The van der Waals surface area contributed by atoms with Gasteiger partial charge in [-0.05, 0) is 78.4 Å². The first kappa shape index (κ1) is 30.4. The number of carbonyl (C=O) groups is 4. The van der Waals surface area contributed by atoms with Crippen molar-refractivity contribution in [1.82, 2.24) is 5.32 Å². The van der Waals surface area contributed by atoms with Crippen LogP contribution in [0.25, 0.3) is 6.08 Å². The quantitative estimate of drug-likeness (QED) is 0.0894. The zero-order chi connectivity index (χ0) is 30.8. The van der Waals surface area contributed by atoms with E-state index in [-0.39, 0.29) is 28.6 Å². The maximum absolute atomic E-state index is 13.3. The van der Waals surface area contributed by atoms with Crippen LogP contribution in [0.2, 0.25) is 0 Å². The molecule has 3 amide bonds. The van der Waals surface area contributed by atoms with E-state index in [1.807, 2.05) is 0 Å². The van der Waals surface area contributed by atoms with Gasteiger partial charge in [-0.1, -0.05) is 30.3 Å². The predicted molar refractivity (Wildman–Crippen MR) is 164 cm³/mol. The molecule has 0 heterocycles. The lowest BCUT2D eigenvalue weighted by atomic mass is 10.1. The van der Waals surface area contributed by atoms with E-state index >= 15 is 0 Å². The van der Waals surface area contributed by atoms with Crippen LogP contribution in [0.15, 0.2) is 108 Å². The van der Waals surface area contributed by atoms with Crippen LogP contribution in [0.4, 0.5) is 11.4 Å². The molecule has 0 fully saturated rings. The van der Waals surface area contributed by atoms with Crippen molar-refractivity contribution in [2.24, 2.45) is 0 Å². The summed E-state index contributed by atoms with van der Waals surface area (Å²) in [5, 5.41) is 26.8. The lowest BCUT2D eigenvalue weighted by Crippen LogP contribution is -2.30. The zero-order valence-electron chi connectivity index (χ0n) is 22.9. The molecule has 0 radical (unpaired) electrons. The van der Waals surface area contributed by atoms with Crippen LogP contribution in [0.1, 0.15) is 26.3 Å². The zero-order valence-corrected chi connectivity index (χ0v) is 23.7. The second kappa shape index (κ2) is 14.4. The molecule has 0 aliphatic carbocycles. The Balaban J connectivity index is 1.40. The Labute approximate surface area is 251 Å². The number of rotatable bonds is 11. The number of amides is 3. The molecule has 0 saturated heterocycles. The molecule has 0 spiro atoms. The van der Waals surface area contributed by atoms with Crippen LogP contribution in [0.3, 0.4) is 0 Å². The molecule has 0 aliphatic rings. The average Bonchev–Trinajstić information content (AvgIpc) is 3.01. The summed E-state index contributed by atoms with van der Waals surface area (Å²) < 4.78 is 5.26. The highest BCUT2D eigenvalue weighted by atomic mass is 32.2. The summed E-state index contributed by atoms with van der Waals surface area (Å²) in [6.45, 7) is 0. The number of ether oxygens (including phenoxy) is 1. The first-order valence-electron chi connectivity index (χ1n) is 12.8. The standard InChI is InChI=1S/C32H27N3O7S/c1-42-24-9-5-6-20(16-24)17-27(35-30(38)21-7-3-2-4-8-21)31(39)34-22-10-13-25(14-11-22)43-19-29(37)33-23-12-15-28(36)26(18-23)32(40)41/h2-18,36H,19H2,1H3,(H,33,37)(H,34,39)(H,35,38)(H,40,41)/b27-17-. The molecule has 0 unspecified atom stereocenters. The monoisotopic (exact) mass is 597 g/mol. The van der Waals surface area contributed by atoms with Crippen molar-refractivity contribution in [1.29, 1.82) is 0 Å². The summed E-state index contributed by atoms with van der Waals surface area (Å²) in [4.78, 5) is 50.4. The number of nitrogens with one attached hydrogen (secondary N) is 3. The fraction of sp³-hybridized carbons (Fsp3) is 0.0625. The van der Waals surface area contributed by atoms with E-state index in [9.17, 15) is 24.3 Å². The van der Waals surface area contributed by atoms with E-state index in [4.69, 9.17) is 9.84 Å². The van der Waals surface area contributed by atoms with Gasteiger partial charge in [0.25, 0.3) is 11.8 Å². The van der Waals surface area contributed by atoms with Crippen LogP contribution in [-0.2, 0) is 9.59 Å². The lowest BCUT2D eigenvalue weighted by Gasteiger charge is -2.12. The van der Waals surface area contributed by atoms with Gasteiger partial charge in [0.15, 0.2) is 0 Å². The molecule has 0 saturated carbocycles. The van der Waals surface area contributed by atoms with Gasteiger partial charge in [-0.15, -0.1) is 11.8 Å². The molecule has 11 heteroatoms. The van der Waals surface area contributed by atoms with Crippen LogP contribution in [0, 0.1) is 0 Å². The fourth-order valence-corrected chi connectivity index (χ4v) is 4.50. The number of hydrogen-bond acceptors (Lipinski definition) is 7. The number of thioether (sulfide) groups is 1. The van der Waals surface area contributed by atoms with E-state index < -0.39 is 23.5 Å². The number of benzene rings is 4.